The van der Waals surface area contributed by atoms with E-state index in [-0.39, 0.29) is 23.0 Å². The van der Waals surface area contributed by atoms with E-state index in [1.54, 1.807) is 60.7 Å². The van der Waals surface area contributed by atoms with Gasteiger partial charge in [0.25, 0.3) is 10.0 Å². The quantitative estimate of drug-likeness (QED) is 0.298. The van der Waals surface area contributed by atoms with E-state index in [1.807, 2.05) is 20.8 Å². The molecule has 2 amide bonds. The number of benzene rings is 3. The Morgan fingerprint density at radius 1 is 1.00 bits per heavy atom. The molecule has 3 aromatic carbocycles. The van der Waals surface area contributed by atoms with Crippen molar-refractivity contribution < 1.29 is 22.7 Å². The van der Waals surface area contributed by atoms with E-state index in [1.165, 1.54) is 24.1 Å². The highest BCUT2D eigenvalue weighted by Gasteiger charge is 2.34. The Bertz CT molecular complexity index is 1410. The Morgan fingerprint density at radius 2 is 1.70 bits per heavy atom. The van der Waals surface area contributed by atoms with Gasteiger partial charge in [-0.15, -0.1) is 0 Å². The third-order valence-corrected chi connectivity index (χ3v) is 8.62. The molecule has 0 radical (unpaired) electrons. The molecular formula is C30H36ClN3O5S. The number of methoxy groups -OCH3 is 1. The number of hydrogen-bond acceptors (Lipinski definition) is 5. The van der Waals surface area contributed by atoms with Crippen LogP contribution in [-0.2, 0) is 26.2 Å². The van der Waals surface area contributed by atoms with Crippen LogP contribution >= 0.6 is 11.6 Å². The summed E-state index contributed by atoms with van der Waals surface area (Å²) in [6.45, 7) is 5.57. The Balaban J connectivity index is 2.08. The third kappa shape index (κ3) is 7.55. The number of nitrogens with zero attached hydrogens (tertiary/aromatic N) is 2. The van der Waals surface area contributed by atoms with Gasteiger partial charge >= 0.3 is 0 Å². The number of carbonyl (C=O) groups excluding carboxylic acids is 2. The second-order valence-electron chi connectivity index (χ2n) is 9.35. The second-order valence-corrected chi connectivity index (χ2v) is 11.6. The Morgan fingerprint density at radius 3 is 2.33 bits per heavy atom. The lowest BCUT2D eigenvalue weighted by Gasteiger charge is -2.33. The first kappa shape index (κ1) is 31.0. The standard InChI is InChI=1S/C30H36ClN3O5S/c1-5-18-32-30(36)28(6-2)33(20-23-10-7-8-13-27(23)31)29(35)21-34(24-11-9-12-25(19-24)39-4)40(37,38)26-16-14-22(3)15-17-26/h7-17,19,28H,5-6,18,20-21H2,1-4H3,(H,32,36). The van der Waals surface area contributed by atoms with E-state index < -0.39 is 28.5 Å². The fourth-order valence-corrected chi connectivity index (χ4v) is 5.83. The first-order valence-electron chi connectivity index (χ1n) is 13.2. The normalized spacial score (nSPS) is 11.9. The molecule has 0 aliphatic heterocycles. The van der Waals surface area contributed by atoms with E-state index in [9.17, 15) is 18.0 Å². The zero-order valence-electron chi connectivity index (χ0n) is 23.3. The highest BCUT2D eigenvalue weighted by Crippen LogP contribution is 2.28. The smallest absolute Gasteiger partial charge is 0.264 e. The lowest BCUT2D eigenvalue weighted by Crippen LogP contribution is -2.52. The van der Waals surface area contributed by atoms with Crippen LogP contribution in [0, 0.1) is 6.92 Å². The second kappa shape index (κ2) is 14.2. The molecule has 0 saturated heterocycles. The maximum absolute atomic E-state index is 14.1. The monoisotopic (exact) mass is 585 g/mol. The van der Waals surface area contributed by atoms with Gasteiger partial charge in [0.2, 0.25) is 11.8 Å². The molecule has 1 N–H and O–H groups in total. The molecule has 0 aliphatic rings. The minimum absolute atomic E-state index is 0.0348. The summed E-state index contributed by atoms with van der Waals surface area (Å²) in [6, 6.07) is 19.2. The first-order valence-corrected chi connectivity index (χ1v) is 15.0. The van der Waals surface area contributed by atoms with Crippen molar-refractivity contribution in [3.05, 3.63) is 88.9 Å². The fraction of sp³-hybridized carbons (Fsp3) is 0.333. The van der Waals surface area contributed by atoms with Crippen LogP contribution in [0.3, 0.4) is 0 Å². The highest BCUT2D eigenvalue weighted by molar-refractivity contribution is 7.92. The predicted molar refractivity (Wildman–Crippen MR) is 158 cm³/mol. The Hall–Kier alpha value is -3.56. The lowest BCUT2D eigenvalue weighted by molar-refractivity contribution is -0.140. The molecule has 3 rings (SSSR count). The van der Waals surface area contributed by atoms with Crippen molar-refractivity contribution in [2.45, 2.75) is 51.1 Å². The zero-order valence-corrected chi connectivity index (χ0v) is 24.8. The predicted octanol–water partition coefficient (Wildman–Crippen LogP) is 5.19. The number of nitrogens with one attached hydrogen (secondary N) is 1. The van der Waals surface area contributed by atoms with Crippen molar-refractivity contribution in [1.82, 2.24) is 10.2 Å². The van der Waals surface area contributed by atoms with Gasteiger partial charge in [0.05, 0.1) is 17.7 Å². The molecule has 1 unspecified atom stereocenters. The maximum Gasteiger partial charge on any atom is 0.264 e. The van der Waals surface area contributed by atoms with Crippen molar-refractivity contribution in [3.8, 4) is 5.75 Å². The van der Waals surface area contributed by atoms with Crippen LogP contribution in [0.5, 0.6) is 5.75 Å². The van der Waals surface area contributed by atoms with Gasteiger partial charge < -0.3 is 15.0 Å². The van der Waals surface area contributed by atoms with Crippen LogP contribution in [0.4, 0.5) is 5.69 Å². The number of sulfonamides is 1. The number of hydrogen-bond donors (Lipinski definition) is 1. The molecule has 0 aromatic heterocycles. The summed E-state index contributed by atoms with van der Waals surface area (Å²) in [7, 11) is -2.69. The van der Waals surface area contributed by atoms with Crippen molar-refractivity contribution in [2.75, 3.05) is 24.5 Å². The topological polar surface area (TPSA) is 96.0 Å². The summed E-state index contributed by atoms with van der Waals surface area (Å²) >= 11 is 6.43. The Kier molecular flexibility index (Phi) is 11.0. The molecule has 40 heavy (non-hydrogen) atoms. The average molecular weight is 586 g/mol. The minimum Gasteiger partial charge on any atom is -0.497 e. The lowest BCUT2D eigenvalue weighted by atomic mass is 10.1. The summed E-state index contributed by atoms with van der Waals surface area (Å²) in [4.78, 5) is 28.7. The first-order chi connectivity index (χ1) is 19.1. The van der Waals surface area contributed by atoms with Crippen LogP contribution in [0.2, 0.25) is 5.02 Å². The molecule has 214 valence electrons. The molecule has 1 atom stereocenters. The highest BCUT2D eigenvalue weighted by atomic mass is 35.5. The molecule has 0 spiro atoms. The number of carbonyl (C=O) groups is 2. The van der Waals surface area contributed by atoms with Crippen molar-refractivity contribution in [1.29, 1.82) is 0 Å². The molecule has 10 heteroatoms. The molecule has 0 saturated carbocycles. The fourth-order valence-electron chi connectivity index (χ4n) is 4.23. The van der Waals surface area contributed by atoms with E-state index in [0.717, 1.165) is 16.3 Å². The third-order valence-electron chi connectivity index (χ3n) is 6.46. The molecule has 0 fully saturated rings. The summed E-state index contributed by atoms with van der Waals surface area (Å²) in [6.07, 6.45) is 1.06. The van der Waals surface area contributed by atoms with E-state index in [0.29, 0.717) is 29.3 Å². The number of ether oxygens (including phenoxy) is 1. The number of rotatable bonds is 13. The van der Waals surface area contributed by atoms with Crippen molar-refractivity contribution >= 4 is 39.1 Å². The number of anilines is 1. The van der Waals surface area contributed by atoms with Gasteiger partial charge in [0.1, 0.15) is 18.3 Å². The van der Waals surface area contributed by atoms with Gasteiger partial charge in [0, 0.05) is 24.2 Å². The van der Waals surface area contributed by atoms with E-state index >= 15 is 0 Å². The van der Waals surface area contributed by atoms with Gasteiger partial charge in [-0.05, 0) is 55.7 Å². The van der Waals surface area contributed by atoms with Gasteiger partial charge in [-0.1, -0.05) is 67.4 Å². The summed E-state index contributed by atoms with van der Waals surface area (Å²) in [5.41, 5.74) is 1.81. The van der Waals surface area contributed by atoms with Crippen LogP contribution in [0.25, 0.3) is 0 Å². The Labute approximate surface area is 241 Å². The van der Waals surface area contributed by atoms with Crippen LogP contribution < -0.4 is 14.4 Å². The van der Waals surface area contributed by atoms with Gasteiger partial charge in [0.15, 0.2) is 0 Å². The molecule has 0 heterocycles. The molecule has 3 aromatic rings. The van der Waals surface area contributed by atoms with Gasteiger partial charge in [-0.2, -0.15) is 0 Å². The maximum atomic E-state index is 14.1. The number of halogens is 1. The SMILES string of the molecule is CCCNC(=O)C(CC)N(Cc1ccccc1Cl)C(=O)CN(c1cccc(OC)c1)S(=O)(=O)c1ccc(C)cc1. The van der Waals surface area contributed by atoms with Crippen LogP contribution in [0.1, 0.15) is 37.8 Å². The largest absolute Gasteiger partial charge is 0.497 e. The van der Waals surface area contributed by atoms with Crippen molar-refractivity contribution in [2.24, 2.45) is 0 Å². The summed E-state index contributed by atoms with van der Waals surface area (Å²) < 4.78 is 34.3. The van der Waals surface area contributed by atoms with Gasteiger partial charge in [-0.3, -0.25) is 13.9 Å². The summed E-state index contributed by atoms with van der Waals surface area (Å²) in [5, 5.41) is 3.31. The molecule has 8 nitrogen and oxygen atoms in total. The number of amides is 2. The average Bonchev–Trinajstić information content (AvgIpc) is 2.95. The zero-order chi connectivity index (χ0) is 29.3. The molecule has 0 bridgehead atoms. The van der Waals surface area contributed by atoms with Crippen molar-refractivity contribution in [3.63, 3.8) is 0 Å². The van der Waals surface area contributed by atoms with Gasteiger partial charge in [-0.25, -0.2) is 8.42 Å². The van der Waals surface area contributed by atoms with E-state index in [4.69, 9.17) is 16.3 Å². The minimum atomic E-state index is -4.17. The number of aryl methyl sites for hydroxylation is 1. The molecular weight excluding hydrogens is 550 g/mol. The molecule has 0 aliphatic carbocycles. The van der Waals surface area contributed by atoms with Crippen LogP contribution in [0.15, 0.2) is 77.7 Å². The van der Waals surface area contributed by atoms with E-state index in [2.05, 4.69) is 5.32 Å². The summed E-state index contributed by atoms with van der Waals surface area (Å²) in [5.74, 6) is -0.414. The van der Waals surface area contributed by atoms with Crippen LogP contribution in [-0.4, -0.2) is 51.4 Å².